The van der Waals surface area contributed by atoms with Crippen LogP contribution in [0.5, 0.6) is 0 Å². The third-order valence-electron chi connectivity index (χ3n) is 2.85. The van der Waals surface area contributed by atoms with Crippen LogP contribution in [0.1, 0.15) is 19.4 Å². The third-order valence-corrected chi connectivity index (χ3v) is 3.20. The van der Waals surface area contributed by atoms with Gasteiger partial charge in [0.1, 0.15) is 6.04 Å². The molecule has 1 aromatic carbocycles. The van der Waals surface area contributed by atoms with Gasteiger partial charge in [0.2, 0.25) is 5.91 Å². The molecule has 1 amide bonds. The number of aliphatic carboxylic acids is 1. The van der Waals surface area contributed by atoms with Gasteiger partial charge in [-0.2, -0.15) is 0 Å². The highest BCUT2D eigenvalue weighted by Gasteiger charge is 2.23. The Morgan fingerprint density at radius 1 is 1.43 bits per heavy atom. The molecule has 8 heteroatoms. The number of nitro benzene ring substituents is 1. The number of rotatable bonds is 6. The SMILES string of the molecule is CC(C)[C@@H](NC(=O)Cc1ccc([N+](=O)[O-])cc1Cl)C(=O)O. The molecule has 0 saturated carbocycles. The fourth-order valence-electron chi connectivity index (χ4n) is 1.70. The second-order valence-electron chi connectivity index (χ2n) is 4.84. The Morgan fingerprint density at radius 3 is 2.48 bits per heavy atom. The van der Waals surface area contributed by atoms with Crippen molar-refractivity contribution in [1.82, 2.24) is 5.32 Å². The summed E-state index contributed by atoms with van der Waals surface area (Å²) in [5.41, 5.74) is 0.224. The average molecular weight is 315 g/mol. The van der Waals surface area contributed by atoms with Crippen molar-refractivity contribution in [3.63, 3.8) is 0 Å². The minimum atomic E-state index is -1.12. The largest absolute Gasteiger partial charge is 0.480 e. The van der Waals surface area contributed by atoms with E-state index >= 15 is 0 Å². The van der Waals surface area contributed by atoms with Crippen LogP contribution in [0.2, 0.25) is 5.02 Å². The third kappa shape index (κ3) is 4.71. The van der Waals surface area contributed by atoms with Gasteiger partial charge in [-0.25, -0.2) is 4.79 Å². The van der Waals surface area contributed by atoms with Crippen LogP contribution in [0, 0.1) is 16.0 Å². The highest BCUT2D eigenvalue weighted by Crippen LogP contribution is 2.22. The Bertz CT molecular complexity index is 574. The van der Waals surface area contributed by atoms with Crippen LogP contribution in [0.25, 0.3) is 0 Å². The van der Waals surface area contributed by atoms with E-state index in [-0.39, 0.29) is 23.0 Å². The summed E-state index contributed by atoms with van der Waals surface area (Å²) in [6.45, 7) is 3.36. The van der Waals surface area contributed by atoms with Gasteiger partial charge in [-0.15, -0.1) is 0 Å². The lowest BCUT2D eigenvalue weighted by molar-refractivity contribution is -0.384. The van der Waals surface area contributed by atoms with Crippen molar-refractivity contribution in [2.45, 2.75) is 26.3 Å². The van der Waals surface area contributed by atoms with Crippen molar-refractivity contribution in [2.75, 3.05) is 0 Å². The quantitative estimate of drug-likeness (QED) is 0.616. The summed E-state index contributed by atoms with van der Waals surface area (Å²) in [7, 11) is 0. The molecule has 21 heavy (non-hydrogen) atoms. The second kappa shape index (κ2) is 7.03. The summed E-state index contributed by atoms with van der Waals surface area (Å²) in [5.74, 6) is -1.89. The fraction of sp³-hybridized carbons (Fsp3) is 0.385. The van der Waals surface area contributed by atoms with Gasteiger partial charge in [-0.3, -0.25) is 14.9 Å². The average Bonchev–Trinajstić information content (AvgIpc) is 2.37. The number of non-ortho nitro benzene ring substituents is 1. The first kappa shape index (κ1) is 16.9. The summed E-state index contributed by atoms with van der Waals surface area (Å²) in [5, 5.41) is 22.1. The maximum Gasteiger partial charge on any atom is 0.326 e. The molecular formula is C13H15ClN2O5. The van der Waals surface area contributed by atoms with E-state index in [9.17, 15) is 19.7 Å². The molecule has 2 N–H and O–H groups in total. The Labute approximate surface area is 126 Å². The van der Waals surface area contributed by atoms with Crippen molar-refractivity contribution in [3.8, 4) is 0 Å². The Kier molecular flexibility index (Phi) is 5.66. The van der Waals surface area contributed by atoms with Gasteiger partial charge in [-0.1, -0.05) is 31.5 Å². The standard InChI is InChI=1S/C13H15ClN2O5/c1-7(2)12(13(18)19)15-11(17)5-8-3-4-9(16(20)21)6-10(8)14/h3-4,6-7,12H,5H2,1-2H3,(H,15,17)(H,18,19)/t12-/m1/s1. The van der Waals surface area contributed by atoms with Crippen LogP contribution in [-0.2, 0) is 16.0 Å². The molecular weight excluding hydrogens is 300 g/mol. The molecule has 1 aromatic rings. The van der Waals surface area contributed by atoms with Crippen molar-refractivity contribution in [1.29, 1.82) is 0 Å². The molecule has 0 aliphatic rings. The van der Waals surface area contributed by atoms with Gasteiger partial charge in [-0.05, 0) is 11.5 Å². The van der Waals surface area contributed by atoms with E-state index in [4.69, 9.17) is 16.7 Å². The first-order valence-corrected chi connectivity index (χ1v) is 6.55. The highest BCUT2D eigenvalue weighted by molar-refractivity contribution is 6.31. The number of nitrogens with one attached hydrogen (secondary N) is 1. The molecule has 0 aliphatic carbocycles. The lowest BCUT2D eigenvalue weighted by Gasteiger charge is -2.18. The summed E-state index contributed by atoms with van der Waals surface area (Å²) in [6, 6.07) is 2.78. The van der Waals surface area contributed by atoms with Gasteiger partial charge in [0.05, 0.1) is 16.4 Å². The van der Waals surface area contributed by atoms with Crippen LogP contribution in [0.4, 0.5) is 5.69 Å². The molecule has 0 radical (unpaired) electrons. The molecule has 1 rings (SSSR count). The van der Waals surface area contributed by atoms with Crippen molar-refractivity contribution in [3.05, 3.63) is 38.9 Å². The van der Waals surface area contributed by atoms with Gasteiger partial charge >= 0.3 is 5.97 Å². The number of nitro groups is 1. The van der Waals surface area contributed by atoms with Crippen LogP contribution in [0.3, 0.4) is 0 Å². The molecule has 0 fully saturated rings. The van der Waals surface area contributed by atoms with Crippen LogP contribution in [-0.4, -0.2) is 27.9 Å². The van der Waals surface area contributed by atoms with Gasteiger partial charge < -0.3 is 10.4 Å². The molecule has 0 spiro atoms. The first-order valence-electron chi connectivity index (χ1n) is 6.17. The molecule has 0 saturated heterocycles. The van der Waals surface area contributed by atoms with Crippen LogP contribution >= 0.6 is 11.6 Å². The number of nitrogens with zero attached hydrogens (tertiary/aromatic N) is 1. The number of hydrogen-bond acceptors (Lipinski definition) is 4. The molecule has 0 aromatic heterocycles. The summed E-state index contributed by atoms with van der Waals surface area (Å²) >= 11 is 5.88. The highest BCUT2D eigenvalue weighted by atomic mass is 35.5. The molecule has 0 bridgehead atoms. The molecule has 1 atom stereocenters. The Morgan fingerprint density at radius 2 is 2.05 bits per heavy atom. The minimum absolute atomic E-state index is 0.0933. The molecule has 0 heterocycles. The molecule has 0 unspecified atom stereocenters. The number of benzene rings is 1. The van der Waals surface area contributed by atoms with Gasteiger partial charge in [0.15, 0.2) is 0 Å². The number of carbonyl (C=O) groups excluding carboxylic acids is 1. The van der Waals surface area contributed by atoms with E-state index in [1.54, 1.807) is 13.8 Å². The number of carboxylic acid groups (broad SMARTS) is 1. The number of carboxylic acids is 1. The molecule has 0 aliphatic heterocycles. The van der Waals surface area contributed by atoms with Crippen LogP contribution in [0.15, 0.2) is 18.2 Å². The predicted molar refractivity (Wildman–Crippen MR) is 76.2 cm³/mol. The van der Waals surface area contributed by atoms with E-state index in [0.717, 1.165) is 6.07 Å². The summed E-state index contributed by atoms with van der Waals surface area (Å²) < 4.78 is 0. The van der Waals surface area contributed by atoms with E-state index < -0.39 is 22.8 Å². The van der Waals surface area contributed by atoms with E-state index in [0.29, 0.717) is 5.56 Å². The van der Waals surface area contributed by atoms with Crippen LogP contribution < -0.4 is 5.32 Å². The zero-order chi connectivity index (χ0) is 16.2. The fourth-order valence-corrected chi connectivity index (χ4v) is 1.95. The van der Waals surface area contributed by atoms with Crippen molar-refractivity contribution in [2.24, 2.45) is 5.92 Å². The maximum absolute atomic E-state index is 11.8. The van der Waals surface area contributed by atoms with E-state index in [1.807, 2.05) is 0 Å². The van der Waals surface area contributed by atoms with E-state index in [2.05, 4.69) is 5.32 Å². The zero-order valence-corrected chi connectivity index (χ0v) is 12.3. The molecule has 7 nitrogen and oxygen atoms in total. The first-order chi connectivity index (χ1) is 9.72. The Balaban J connectivity index is 2.79. The summed E-state index contributed by atoms with van der Waals surface area (Å²) in [6.07, 6.45) is -0.146. The number of amides is 1. The maximum atomic E-state index is 11.8. The normalized spacial score (nSPS) is 12.0. The smallest absolute Gasteiger partial charge is 0.326 e. The lowest BCUT2D eigenvalue weighted by Crippen LogP contribution is -2.44. The lowest BCUT2D eigenvalue weighted by atomic mass is 10.0. The second-order valence-corrected chi connectivity index (χ2v) is 5.24. The summed E-state index contributed by atoms with van der Waals surface area (Å²) in [4.78, 5) is 32.8. The number of hydrogen-bond donors (Lipinski definition) is 2. The van der Waals surface area contributed by atoms with Gasteiger partial charge in [0, 0.05) is 12.1 Å². The minimum Gasteiger partial charge on any atom is -0.480 e. The molecule has 114 valence electrons. The zero-order valence-electron chi connectivity index (χ0n) is 11.5. The predicted octanol–water partition coefficient (Wildman–Crippen LogP) is 2.02. The van der Waals surface area contributed by atoms with Crippen molar-refractivity contribution < 1.29 is 19.6 Å². The van der Waals surface area contributed by atoms with E-state index in [1.165, 1.54) is 12.1 Å². The number of halogens is 1. The number of carbonyl (C=O) groups is 2. The van der Waals surface area contributed by atoms with Crippen molar-refractivity contribution >= 4 is 29.2 Å². The monoisotopic (exact) mass is 314 g/mol. The topological polar surface area (TPSA) is 110 Å². The van der Waals surface area contributed by atoms with Gasteiger partial charge in [0.25, 0.3) is 5.69 Å². The Hall–Kier alpha value is -2.15.